The third-order valence-electron chi connectivity index (χ3n) is 4.19. The minimum absolute atomic E-state index is 0.264. The van der Waals surface area contributed by atoms with Crippen molar-refractivity contribution in [3.63, 3.8) is 0 Å². The van der Waals surface area contributed by atoms with Gasteiger partial charge in [-0.3, -0.25) is 0 Å². The number of hydrogen-bond donors (Lipinski definition) is 1. The molecule has 2 heteroatoms. The van der Waals surface area contributed by atoms with Gasteiger partial charge in [-0.1, -0.05) is 39.2 Å². The molecule has 0 aromatic heterocycles. The van der Waals surface area contributed by atoms with E-state index in [2.05, 4.69) is 50.7 Å². The second kappa shape index (κ2) is 9.57. The van der Waals surface area contributed by atoms with Crippen molar-refractivity contribution < 1.29 is 0 Å². The molecule has 0 heterocycles. The van der Waals surface area contributed by atoms with Gasteiger partial charge in [-0.25, -0.2) is 0 Å². The van der Waals surface area contributed by atoms with Crippen LogP contribution in [0, 0.1) is 5.41 Å². The maximum Gasteiger partial charge on any atom is 0.00637 e. The molecule has 1 N–H and O–H groups in total. The zero-order valence-corrected chi connectivity index (χ0v) is 13.3. The largest absolute Gasteiger partial charge is 0.319 e. The molecular weight excluding hydrogens is 220 g/mol. The monoisotopic (exact) mass is 254 g/mol. The quantitative estimate of drug-likeness (QED) is 0.447. The van der Waals surface area contributed by atoms with Crippen LogP contribution in [-0.4, -0.2) is 38.1 Å². The van der Waals surface area contributed by atoms with E-state index in [0.717, 1.165) is 19.1 Å². The zero-order chi connectivity index (χ0) is 14.0. The van der Waals surface area contributed by atoms with Crippen LogP contribution in [0.1, 0.15) is 52.9 Å². The molecule has 0 spiro atoms. The first kappa shape index (κ1) is 17.7. The van der Waals surface area contributed by atoms with Crippen molar-refractivity contribution in [2.24, 2.45) is 5.41 Å². The highest BCUT2D eigenvalue weighted by Crippen LogP contribution is 2.25. The van der Waals surface area contributed by atoms with Gasteiger partial charge in [-0.05, 0) is 45.8 Å². The molecule has 0 aliphatic rings. The van der Waals surface area contributed by atoms with E-state index in [-0.39, 0.29) is 5.41 Å². The van der Waals surface area contributed by atoms with E-state index in [1.54, 1.807) is 0 Å². The molecule has 0 amide bonds. The third-order valence-corrected chi connectivity index (χ3v) is 4.19. The van der Waals surface area contributed by atoms with Crippen molar-refractivity contribution in [2.45, 2.75) is 58.9 Å². The average molecular weight is 254 g/mol. The second-order valence-electron chi connectivity index (χ2n) is 5.91. The summed E-state index contributed by atoms with van der Waals surface area (Å²) >= 11 is 0. The molecule has 108 valence electrons. The van der Waals surface area contributed by atoms with Crippen LogP contribution < -0.4 is 5.32 Å². The van der Waals surface area contributed by atoms with Crippen molar-refractivity contribution in [2.75, 3.05) is 27.2 Å². The van der Waals surface area contributed by atoms with E-state index in [4.69, 9.17) is 0 Å². The van der Waals surface area contributed by atoms with Crippen LogP contribution in [-0.2, 0) is 0 Å². The molecule has 0 aromatic carbocycles. The summed E-state index contributed by atoms with van der Waals surface area (Å²) in [5, 5.41) is 3.26. The summed E-state index contributed by atoms with van der Waals surface area (Å²) in [6, 6.07) is 0.720. The summed E-state index contributed by atoms with van der Waals surface area (Å²) in [7, 11) is 4.23. The van der Waals surface area contributed by atoms with Crippen molar-refractivity contribution in [3.8, 4) is 0 Å². The van der Waals surface area contributed by atoms with Gasteiger partial charge < -0.3 is 10.2 Å². The number of nitrogens with one attached hydrogen (secondary N) is 1. The summed E-state index contributed by atoms with van der Waals surface area (Å²) < 4.78 is 0. The molecule has 18 heavy (non-hydrogen) atoms. The van der Waals surface area contributed by atoms with Gasteiger partial charge in [0.1, 0.15) is 0 Å². The molecule has 0 saturated heterocycles. The Balaban J connectivity index is 3.70. The first-order valence-corrected chi connectivity index (χ1v) is 7.47. The molecular formula is C16H34N2. The lowest BCUT2D eigenvalue weighted by molar-refractivity contribution is 0.251. The Hall–Kier alpha value is -0.340. The van der Waals surface area contributed by atoms with Crippen molar-refractivity contribution in [1.82, 2.24) is 10.2 Å². The van der Waals surface area contributed by atoms with E-state index in [1.165, 1.54) is 32.1 Å². The number of hydrogen-bond acceptors (Lipinski definition) is 2. The van der Waals surface area contributed by atoms with Crippen molar-refractivity contribution >= 4 is 0 Å². The summed E-state index contributed by atoms with van der Waals surface area (Å²) in [6.07, 6.45) is 8.67. The fourth-order valence-corrected chi connectivity index (χ4v) is 2.34. The predicted molar refractivity (Wildman–Crippen MR) is 83.1 cm³/mol. The van der Waals surface area contributed by atoms with E-state index < -0.39 is 0 Å². The zero-order valence-electron chi connectivity index (χ0n) is 13.3. The Morgan fingerprint density at radius 1 is 1.33 bits per heavy atom. The van der Waals surface area contributed by atoms with Gasteiger partial charge in [0.25, 0.3) is 0 Å². The van der Waals surface area contributed by atoms with Crippen LogP contribution in [0.4, 0.5) is 0 Å². The number of nitrogens with zero attached hydrogens (tertiary/aromatic N) is 1. The van der Waals surface area contributed by atoms with Crippen LogP contribution in [0.2, 0.25) is 0 Å². The normalized spacial score (nSPS) is 16.6. The lowest BCUT2D eigenvalue weighted by Crippen LogP contribution is -2.28. The fraction of sp³-hybridized carbons (Fsp3) is 0.875. The van der Waals surface area contributed by atoms with Gasteiger partial charge in [0.15, 0.2) is 0 Å². The average Bonchev–Trinajstić information content (AvgIpc) is 2.37. The highest BCUT2D eigenvalue weighted by Gasteiger charge is 2.18. The van der Waals surface area contributed by atoms with E-state index in [0.29, 0.717) is 0 Å². The Morgan fingerprint density at radius 3 is 2.50 bits per heavy atom. The summed E-state index contributed by atoms with van der Waals surface area (Å²) in [5.41, 5.74) is 0.264. The molecule has 0 fully saturated rings. The smallest absolute Gasteiger partial charge is 0.00637 e. The Labute approximate surface area is 115 Å². The van der Waals surface area contributed by atoms with E-state index in [1.807, 2.05) is 7.05 Å². The van der Waals surface area contributed by atoms with Gasteiger partial charge in [0.2, 0.25) is 0 Å². The van der Waals surface area contributed by atoms with E-state index >= 15 is 0 Å². The predicted octanol–water partition coefficient (Wildman–Crippen LogP) is 3.69. The molecule has 0 aliphatic heterocycles. The van der Waals surface area contributed by atoms with Gasteiger partial charge in [0, 0.05) is 12.6 Å². The number of unbranched alkanes of at least 4 members (excludes halogenated alkanes) is 2. The summed E-state index contributed by atoms with van der Waals surface area (Å²) in [5.74, 6) is 0. The fourth-order valence-electron chi connectivity index (χ4n) is 2.34. The maximum atomic E-state index is 3.97. The topological polar surface area (TPSA) is 15.3 Å². The third kappa shape index (κ3) is 7.17. The highest BCUT2D eigenvalue weighted by atomic mass is 15.1. The molecule has 0 aliphatic carbocycles. The number of rotatable bonds is 11. The summed E-state index contributed by atoms with van der Waals surface area (Å²) in [4.78, 5) is 2.43. The summed E-state index contributed by atoms with van der Waals surface area (Å²) in [6.45, 7) is 13.0. The van der Waals surface area contributed by atoms with E-state index in [9.17, 15) is 0 Å². The van der Waals surface area contributed by atoms with Crippen molar-refractivity contribution in [1.29, 1.82) is 0 Å². The van der Waals surface area contributed by atoms with Crippen LogP contribution in [0.15, 0.2) is 12.7 Å². The Morgan fingerprint density at radius 2 is 2.00 bits per heavy atom. The standard InChI is InChI=1S/C16H34N2/c1-7-16(4,14-17-5)13-11-9-10-12-15(3)18(6)8-2/h7,15,17H,1,8-14H2,2-6H3. The van der Waals surface area contributed by atoms with Gasteiger partial charge in [-0.15, -0.1) is 6.58 Å². The lowest BCUT2D eigenvalue weighted by Gasteiger charge is -2.26. The molecule has 2 nitrogen and oxygen atoms in total. The van der Waals surface area contributed by atoms with Gasteiger partial charge in [0.05, 0.1) is 0 Å². The molecule has 2 atom stereocenters. The molecule has 0 radical (unpaired) electrons. The first-order chi connectivity index (χ1) is 8.49. The Kier molecular flexibility index (Phi) is 9.39. The lowest BCUT2D eigenvalue weighted by atomic mass is 9.84. The van der Waals surface area contributed by atoms with Gasteiger partial charge in [-0.2, -0.15) is 0 Å². The van der Waals surface area contributed by atoms with Crippen LogP contribution >= 0.6 is 0 Å². The first-order valence-electron chi connectivity index (χ1n) is 7.47. The van der Waals surface area contributed by atoms with Crippen LogP contribution in [0.25, 0.3) is 0 Å². The van der Waals surface area contributed by atoms with Crippen molar-refractivity contribution in [3.05, 3.63) is 12.7 Å². The minimum atomic E-state index is 0.264. The molecule has 0 rings (SSSR count). The molecule has 0 aromatic rings. The highest BCUT2D eigenvalue weighted by molar-refractivity contribution is 4.92. The SMILES string of the molecule is C=CC(C)(CCCCCC(C)N(C)CC)CNC. The van der Waals surface area contributed by atoms with Gasteiger partial charge >= 0.3 is 0 Å². The molecule has 0 bridgehead atoms. The Bertz CT molecular complexity index is 215. The molecule has 2 unspecified atom stereocenters. The molecule has 0 saturated carbocycles. The minimum Gasteiger partial charge on any atom is -0.319 e. The second-order valence-corrected chi connectivity index (χ2v) is 5.91. The van der Waals surface area contributed by atoms with Crippen LogP contribution in [0.3, 0.4) is 0 Å². The van der Waals surface area contributed by atoms with Crippen LogP contribution in [0.5, 0.6) is 0 Å². The maximum absolute atomic E-state index is 3.97.